The van der Waals surface area contributed by atoms with Crippen LogP contribution in [0.15, 0.2) is 53.0 Å². The van der Waals surface area contributed by atoms with E-state index in [1.165, 1.54) is 0 Å². The van der Waals surface area contributed by atoms with Crippen molar-refractivity contribution in [2.24, 2.45) is 0 Å². The first-order chi connectivity index (χ1) is 14.0. The molecule has 0 unspecified atom stereocenters. The van der Waals surface area contributed by atoms with E-state index in [0.717, 1.165) is 35.3 Å². The highest BCUT2D eigenvalue weighted by Crippen LogP contribution is 2.44. The molecule has 2 heterocycles. The predicted octanol–water partition coefficient (Wildman–Crippen LogP) is 5.32. The average molecular weight is 495 g/mol. The third kappa shape index (κ3) is 4.27. The number of urea groups is 1. The molecule has 3 amide bonds. The zero-order valence-corrected chi connectivity index (χ0v) is 18.9. The molecule has 0 aromatic heterocycles. The lowest BCUT2D eigenvalue weighted by Crippen LogP contribution is -2.54. The van der Waals surface area contributed by atoms with Crippen molar-refractivity contribution in [1.29, 1.82) is 0 Å². The lowest BCUT2D eigenvalue weighted by molar-refractivity contribution is 0.0585. The molecule has 8 heteroatoms. The summed E-state index contributed by atoms with van der Waals surface area (Å²) >= 11 is 11.4. The Morgan fingerprint density at radius 1 is 1.07 bits per heavy atom. The van der Waals surface area contributed by atoms with E-state index in [1.54, 1.807) is 18.2 Å². The van der Waals surface area contributed by atoms with Crippen molar-refractivity contribution in [2.45, 2.75) is 17.7 Å². The van der Waals surface area contributed by atoms with Crippen LogP contribution in [-0.4, -0.2) is 52.0 Å². The van der Waals surface area contributed by atoms with Crippen LogP contribution in [-0.2, 0) is 0 Å². The van der Waals surface area contributed by atoms with Gasteiger partial charge in [-0.3, -0.25) is 4.79 Å². The van der Waals surface area contributed by atoms with Gasteiger partial charge in [-0.1, -0.05) is 29.8 Å². The Kier molecular flexibility index (Phi) is 6.08. The summed E-state index contributed by atoms with van der Waals surface area (Å²) in [6.45, 7) is 1.95. The van der Waals surface area contributed by atoms with Gasteiger partial charge in [0.2, 0.25) is 0 Å². The number of anilines is 1. The highest BCUT2D eigenvalue weighted by atomic mass is 79.9. The van der Waals surface area contributed by atoms with Crippen molar-refractivity contribution in [1.82, 2.24) is 9.80 Å². The smallest absolute Gasteiger partial charge is 0.321 e. The minimum Gasteiger partial charge on any atom is -0.324 e. The van der Waals surface area contributed by atoms with Gasteiger partial charge in [-0.2, -0.15) is 0 Å². The number of nitrogens with one attached hydrogen (secondary N) is 1. The zero-order chi connectivity index (χ0) is 20.4. The number of hydrogen-bond donors (Lipinski definition) is 1. The number of hydrogen-bond acceptors (Lipinski definition) is 3. The standard InChI is InChI=1S/C21H21BrClN3O2S/c22-17-6-1-2-7-18(17)24-20(28)25-10-8-21(9-11-25)26(12-13-29-21)19(27)15-4-3-5-16(23)14-15/h1-7,14H,8-13H2,(H,24,28). The van der Waals surface area contributed by atoms with Crippen molar-refractivity contribution in [3.8, 4) is 0 Å². The maximum absolute atomic E-state index is 13.1. The van der Waals surface area contributed by atoms with Crippen molar-refractivity contribution in [2.75, 3.05) is 30.7 Å². The van der Waals surface area contributed by atoms with Crippen LogP contribution >= 0.6 is 39.3 Å². The maximum Gasteiger partial charge on any atom is 0.321 e. The molecule has 0 bridgehead atoms. The Morgan fingerprint density at radius 2 is 1.83 bits per heavy atom. The number of nitrogens with zero attached hydrogens (tertiary/aromatic N) is 2. The number of carbonyl (C=O) groups is 2. The molecule has 0 radical (unpaired) electrons. The van der Waals surface area contributed by atoms with E-state index in [-0.39, 0.29) is 16.8 Å². The molecule has 2 aliphatic heterocycles. The first-order valence-corrected chi connectivity index (χ1v) is 11.7. The molecule has 5 nitrogen and oxygen atoms in total. The molecule has 2 aromatic rings. The van der Waals surface area contributed by atoms with Crippen molar-refractivity contribution in [3.05, 3.63) is 63.6 Å². The molecule has 0 aliphatic carbocycles. The SMILES string of the molecule is O=C(Nc1ccccc1Br)N1CCC2(CC1)SCCN2C(=O)c1cccc(Cl)c1. The van der Waals surface area contributed by atoms with E-state index in [9.17, 15) is 9.59 Å². The Balaban J connectivity index is 1.43. The van der Waals surface area contributed by atoms with Crippen LogP contribution < -0.4 is 5.32 Å². The number of likely N-dealkylation sites (tertiary alicyclic amines) is 1. The molecular formula is C21H21BrClN3O2S. The van der Waals surface area contributed by atoms with Crippen LogP contribution in [0.1, 0.15) is 23.2 Å². The largest absolute Gasteiger partial charge is 0.324 e. The number of amides is 3. The predicted molar refractivity (Wildman–Crippen MR) is 122 cm³/mol. The summed E-state index contributed by atoms with van der Waals surface area (Å²) in [7, 11) is 0. The highest BCUT2D eigenvalue weighted by molar-refractivity contribution is 9.10. The van der Waals surface area contributed by atoms with Gasteiger partial charge in [-0.05, 0) is 59.1 Å². The fourth-order valence-corrected chi connectivity index (χ4v) is 5.93. The van der Waals surface area contributed by atoms with Gasteiger partial charge in [0.1, 0.15) is 0 Å². The Labute approximate surface area is 187 Å². The van der Waals surface area contributed by atoms with Crippen molar-refractivity contribution >= 4 is 56.9 Å². The van der Waals surface area contributed by atoms with Crippen molar-refractivity contribution in [3.63, 3.8) is 0 Å². The zero-order valence-electron chi connectivity index (χ0n) is 15.7. The third-order valence-corrected chi connectivity index (χ3v) is 7.92. The lowest BCUT2D eigenvalue weighted by atomic mass is 10.0. The van der Waals surface area contributed by atoms with Crippen LogP contribution in [0.4, 0.5) is 10.5 Å². The summed E-state index contributed by atoms with van der Waals surface area (Å²) in [5.41, 5.74) is 1.37. The second-order valence-electron chi connectivity index (χ2n) is 7.16. The van der Waals surface area contributed by atoms with E-state index < -0.39 is 0 Å². The van der Waals surface area contributed by atoms with Crippen molar-refractivity contribution < 1.29 is 9.59 Å². The van der Waals surface area contributed by atoms with Crippen LogP contribution in [0.5, 0.6) is 0 Å². The molecule has 1 N–H and O–H groups in total. The van der Waals surface area contributed by atoms with Gasteiger partial charge in [0.25, 0.3) is 5.91 Å². The van der Waals surface area contributed by atoms with Gasteiger partial charge >= 0.3 is 6.03 Å². The Bertz CT molecular complexity index is 934. The molecule has 2 aromatic carbocycles. The molecule has 2 aliphatic rings. The second kappa shape index (κ2) is 8.58. The van der Waals surface area contributed by atoms with E-state index >= 15 is 0 Å². The first kappa shape index (κ1) is 20.6. The lowest BCUT2D eigenvalue weighted by Gasteiger charge is -2.44. The normalized spacial score (nSPS) is 18.1. The highest BCUT2D eigenvalue weighted by Gasteiger charge is 2.47. The molecule has 0 saturated carbocycles. The number of carbonyl (C=O) groups excluding carboxylic acids is 2. The fraction of sp³-hybridized carbons (Fsp3) is 0.333. The van der Waals surface area contributed by atoms with Gasteiger partial charge in [0.05, 0.1) is 10.6 Å². The molecule has 0 atom stereocenters. The van der Waals surface area contributed by atoms with E-state index in [2.05, 4.69) is 21.2 Å². The second-order valence-corrected chi connectivity index (χ2v) is 9.91. The number of para-hydroxylation sites is 1. The molecular weight excluding hydrogens is 474 g/mol. The number of halogens is 2. The number of rotatable bonds is 2. The van der Waals surface area contributed by atoms with Gasteiger partial charge in [-0.25, -0.2) is 4.79 Å². The van der Waals surface area contributed by atoms with Crippen LogP contribution in [0.2, 0.25) is 5.02 Å². The molecule has 152 valence electrons. The quantitative estimate of drug-likeness (QED) is 0.615. The van der Waals surface area contributed by atoms with Crippen LogP contribution in [0.25, 0.3) is 0 Å². The van der Waals surface area contributed by atoms with Crippen LogP contribution in [0, 0.1) is 0 Å². The van der Waals surface area contributed by atoms with Crippen LogP contribution in [0.3, 0.4) is 0 Å². The monoisotopic (exact) mass is 493 g/mol. The maximum atomic E-state index is 13.1. The molecule has 4 rings (SSSR count). The summed E-state index contributed by atoms with van der Waals surface area (Å²) in [5.74, 6) is 0.929. The first-order valence-electron chi connectivity index (χ1n) is 9.50. The summed E-state index contributed by atoms with van der Waals surface area (Å²) in [4.78, 5) is 29.4. The summed E-state index contributed by atoms with van der Waals surface area (Å²) in [5, 5.41) is 3.53. The van der Waals surface area contributed by atoms with Gasteiger partial charge < -0.3 is 15.1 Å². The summed E-state index contributed by atoms with van der Waals surface area (Å²) < 4.78 is 0.853. The van der Waals surface area contributed by atoms with Gasteiger partial charge in [0.15, 0.2) is 0 Å². The Morgan fingerprint density at radius 3 is 2.55 bits per heavy atom. The van der Waals surface area contributed by atoms with E-state index in [4.69, 9.17) is 11.6 Å². The van der Waals surface area contributed by atoms with Gasteiger partial charge in [-0.15, -0.1) is 11.8 Å². The molecule has 29 heavy (non-hydrogen) atoms. The molecule has 2 fully saturated rings. The summed E-state index contributed by atoms with van der Waals surface area (Å²) in [6.07, 6.45) is 1.51. The third-order valence-electron chi connectivity index (χ3n) is 5.44. The molecule has 1 spiro atoms. The minimum absolute atomic E-state index is 0.0172. The topological polar surface area (TPSA) is 52.7 Å². The molecule has 2 saturated heterocycles. The number of piperidine rings is 1. The van der Waals surface area contributed by atoms with Gasteiger partial charge in [0, 0.05) is 40.4 Å². The minimum atomic E-state index is -0.247. The van der Waals surface area contributed by atoms with E-state index in [0.29, 0.717) is 23.7 Å². The number of thioether (sulfide) groups is 1. The number of benzene rings is 2. The Hall–Kier alpha value is -1.70. The average Bonchev–Trinajstić information content (AvgIpc) is 3.12. The van der Waals surface area contributed by atoms with E-state index in [1.807, 2.05) is 51.9 Å². The fourth-order valence-electron chi connectivity index (χ4n) is 3.90. The summed E-state index contributed by atoms with van der Waals surface area (Å²) in [6, 6.07) is 14.6.